The minimum Gasteiger partial charge on any atom is -0.449 e. The molecule has 0 bridgehead atoms. The third-order valence-electron chi connectivity index (χ3n) is 8.82. The van der Waals surface area contributed by atoms with Gasteiger partial charge in [0.15, 0.2) is 12.5 Å². The van der Waals surface area contributed by atoms with Gasteiger partial charge in [-0.05, 0) is 22.3 Å². The third-order valence-corrected chi connectivity index (χ3v) is 11.4. The lowest BCUT2D eigenvalue weighted by molar-refractivity contribution is -0.247. The van der Waals surface area contributed by atoms with Crippen molar-refractivity contribution in [2.45, 2.75) is 61.1 Å². The molecular formula is C30H35N3O18P2. The van der Waals surface area contributed by atoms with E-state index in [1.165, 1.54) is 0 Å². The molecule has 2 fully saturated rings. The Kier molecular flexibility index (Phi) is 11.5. The number of H-pyrrole nitrogens is 1. The highest BCUT2D eigenvalue weighted by Crippen LogP contribution is 2.61. The first-order valence-electron chi connectivity index (χ1n) is 15.9. The summed E-state index contributed by atoms with van der Waals surface area (Å²) < 4.78 is 56.3. The largest absolute Gasteiger partial charge is 0.483 e. The van der Waals surface area contributed by atoms with Gasteiger partial charge in [-0.1, -0.05) is 48.5 Å². The Morgan fingerprint density at radius 3 is 2.08 bits per heavy atom. The monoisotopic (exact) mass is 787 g/mol. The van der Waals surface area contributed by atoms with E-state index in [1.807, 2.05) is 53.5 Å². The van der Waals surface area contributed by atoms with Crippen LogP contribution in [0.1, 0.15) is 23.3 Å². The van der Waals surface area contributed by atoms with Crippen LogP contribution in [0.4, 0.5) is 4.79 Å². The summed E-state index contributed by atoms with van der Waals surface area (Å²) in [4.78, 5) is 59.0. The maximum atomic E-state index is 13.0. The number of rotatable bonds is 12. The number of aliphatic hydroxyl groups excluding tert-OH is 5. The number of carbonyl (C=O) groups excluding carboxylic acids is 1. The zero-order valence-electron chi connectivity index (χ0n) is 27.1. The van der Waals surface area contributed by atoms with Crippen LogP contribution in [-0.4, -0.2) is 120 Å². The molecule has 1 aliphatic carbocycles. The topological polar surface area (TPSA) is 315 Å². The summed E-state index contributed by atoms with van der Waals surface area (Å²) in [6.07, 6.45) is -14.8. The van der Waals surface area contributed by atoms with Gasteiger partial charge in [0, 0.05) is 18.2 Å². The highest BCUT2D eigenvalue weighted by atomic mass is 31.3. The van der Waals surface area contributed by atoms with Crippen molar-refractivity contribution in [2.24, 2.45) is 0 Å². The molecular weight excluding hydrogens is 752 g/mol. The van der Waals surface area contributed by atoms with Gasteiger partial charge < -0.3 is 54.8 Å². The fourth-order valence-corrected chi connectivity index (χ4v) is 8.46. The Morgan fingerprint density at radius 1 is 0.830 bits per heavy atom. The number of aromatic nitrogens is 2. The number of nitrogens with one attached hydrogen (secondary N) is 2. The average molecular weight is 788 g/mol. The summed E-state index contributed by atoms with van der Waals surface area (Å²) >= 11 is 0. The number of hydrogen-bond donors (Lipinski definition) is 9. The summed E-state index contributed by atoms with van der Waals surface area (Å²) in [5.41, 5.74) is 1.88. The first kappa shape index (κ1) is 39.1. The van der Waals surface area contributed by atoms with Gasteiger partial charge in [-0.25, -0.2) is 18.7 Å². The van der Waals surface area contributed by atoms with Gasteiger partial charge in [-0.15, -0.1) is 0 Å². The summed E-state index contributed by atoms with van der Waals surface area (Å²) in [6.45, 7) is -2.21. The van der Waals surface area contributed by atoms with E-state index in [2.05, 4.69) is 14.2 Å². The van der Waals surface area contributed by atoms with Crippen molar-refractivity contribution in [2.75, 3.05) is 19.8 Å². The van der Waals surface area contributed by atoms with Gasteiger partial charge in [0.05, 0.1) is 13.2 Å². The summed E-state index contributed by atoms with van der Waals surface area (Å²) in [7, 11) is -11.4. The van der Waals surface area contributed by atoms with Crippen LogP contribution < -0.4 is 16.6 Å². The van der Waals surface area contributed by atoms with Crippen molar-refractivity contribution >= 4 is 21.7 Å². The number of ether oxygens (including phenoxy) is 3. The number of carbonyl (C=O) groups is 1. The maximum absolute atomic E-state index is 13.0. The molecule has 6 rings (SSSR count). The maximum Gasteiger partial charge on any atom is 0.483 e. The van der Waals surface area contributed by atoms with Crippen molar-refractivity contribution in [3.05, 3.63) is 92.8 Å². The van der Waals surface area contributed by atoms with Crippen LogP contribution >= 0.6 is 15.6 Å². The van der Waals surface area contributed by atoms with E-state index in [0.29, 0.717) is 0 Å². The number of phosphoric ester groups is 2. The lowest BCUT2D eigenvalue weighted by Gasteiger charge is -2.42. The second-order valence-electron chi connectivity index (χ2n) is 12.2. The van der Waals surface area contributed by atoms with Crippen molar-refractivity contribution in [3.8, 4) is 11.1 Å². The number of alkyl carbamates (subject to hydrolysis) is 1. The van der Waals surface area contributed by atoms with E-state index in [0.717, 1.165) is 39.1 Å². The standard InChI is InChI=1S/C30H35N3O18P2/c34-11-19-23(36)25(38)22(32-30(41)46-12-18-16-7-3-1-5-14(16)15-6-2-4-8-17(15)18)28(49-19)50-53(44,45)51-52(42,43)47-13-20-24(37)26(39)27(48-20)33-10-9-21(35)31-29(33)40/h1-10,18-20,22-28,34,36-39H,11-13H2,(H,32,41)(H,42,43)(H,44,45)(H,31,35,40)/t19-,20-,22-,23-,24-,25-,26-,27-,28-/m1/s1. The molecule has 1 amide bonds. The Hall–Kier alpha value is -3.63. The smallest absolute Gasteiger partial charge is 0.449 e. The summed E-state index contributed by atoms with van der Waals surface area (Å²) in [6, 6.07) is 14.0. The lowest BCUT2D eigenvalue weighted by Crippen LogP contribution is -2.64. The third kappa shape index (κ3) is 8.39. The number of amides is 1. The number of fused-ring (bicyclic) bond motifs is 3. The van der Waals surface area contributed by atoms with E-state index in [1.54, 1.807) is 0 Å². The molecule has 2 aliphatic heterocycles. The summed E-state index contributed by atoms with van der Waals surface area (Å²) in [5, 5.41) is 53.7. The van der Waals surface area contributed by atoms with Gasteiger partial charge in [0.2, 0.25) is 0 Å². The van der Waals surface area contributed by atoms with Crippen molar-refractivity contribution in [1.29, 1.82) is 0 Å². The molecule has 2 saturated heterocycles. The van der Waals surface area contributed by atoms with E-state index < -0.39 is 101 Å². The molecule has 3 heterocycles. The Morgan fingerprint density at radius 2 is 1.45 bits per heavy atom. The summed E-state index contributed by atoms with van der Waals surface area (Å²) in [5.74, 6) is -0.376. The Balaban J connectivity index is 1.09. The molecule has 11 atom stereocenters. The molecule has 23 heteroatoms. The zero-order valence-corrected chi connectivity index (χ0v) is 28.9. The lowest BCUT2D eigenvalue weighted by atomic mass is 9.97. The first-order valence-corrected chi connectivity index (χ1v) is 18.8. The molecule has 3 aromatic rings. The van der Waals surface area contributed by atoms with Gasteiger partial charge in [0.25, 0.3) is 5.56 Å². The van der Waals surface area contributed by atoms with E-state index in [4.69, 9.17) is 18.7 Å². The van der Waals surface area contributed by atoms with Crippen molar-refractivity contribution in [3.63, 3.8) is 0 Å². The van der Waals surface area contributed by atoms with Gasteiger partial charge in [-0.2, -0.15) is 4.31 Å². The number of nitrogens with zero attached hydrogens (tertiary/aromatic N) is 1. The van der Waals surface area contributed by atoms with E-state index >= 15 is 0 Å². The average Bonchev–Trinajstić information content (AvgIpc) is 3.58. The van der Waals surface area contributed by atoms with E-state index in [-0.39, 0.29) is 12.5 Å². The quantitative estimate of drug-likeness (QED) is 0.0969. The molecule has 0 radical (unpaired) electrons. The van der Waals surface area contributed by atoms with Gasteiger partial charge in [-0.3, -0.25) is 23.4 Å². The molecule has 2 unspecified atom stereocenters. The number of aromatic amines is 1. The van der Waals surface area contributed by atoms with Crippen LogP contribution in [0.3, 0.4) is 0 Å². The highest BCUT2D eigenvalue weighted by molar-refractivity contribution is 7.61. The van der Waals surface area contributed by atoms with Crippen LogP contribution in [0, 0.1) is 0 Å². The fourth-order valence-electron chi connectivity index (χ4n) is 6.30. The molecule has 3 aliphatic rings. The molecule has 53 heavy (non-hydrogen) atoms. The first-order chi connectivity index (χ1) is 25.1. The Bertz CT molecular complexity index is 1980. The second kappa shape index (κ2) is 15.6. The van der Waals surface area contributed by atoms with Gasteiger partial charge >= 0.3 is 27.4 Å². The van der Waals surface area contributed by atoms with Crippen LogP contribution in [-0.2, 0) is 36.7 Å². The van der Waals surface area contributed by atoms with Crippen LogP contribution in [0.15, 0.2) is 70.4 Å². The molecule has 9 N–H and O–H groups in total. The minimum atomic E-state index is -5.77. The van der Waals surface area contributed by atoms with E-state index in [9.17, 15) is 58.8 Å². The molecule has 0 saturated carbocycles. The second-order valence-corrected chi connectivity index (χ2v) is 15.2. The number of aliphatic hydroxyl groups is 5. The normalized spacial score (nSPS) is 30.5. The van der Waals surface area contributed by atoms with Crippen molar-refractivity contribution < 1.29 is 76.8 Å². The van der Waals surface area contributed by atoms with Crippen LogP contribution in [0.2, 0.25) is 0 Å². The van der Waals surface area contributed by atoms with Gasteiger partial charge in [0.1, 0.15) is 49.3 Å². The molecule has 288 valence electrons. The Labute approximate surface area is 298 Å². The zero-order chi connectivity index (χ0) is 38.2. The SMILES string of the molecule is O=C(N[C@H]1[C@@H](OP(=O)(O)OP(=O)(O)OC[C@H]2O[C@@H](n3ccc(=O)[nH]c3=O)[C@H](O)[C@@H]2O)O[C@H](CO)[C@@H](O)[C@@H]1O)OCC1c2ccccc2-c2ccccc21. The molecule has 2 aromatic carbocycles. The molecule has 0 spiro atoms. The number of phosphoric acid groups is 2. The molecule has 1 aromatic heterocycles. The van der Waals surface area contributed by atoms with Crippen molar-refractivity contribution in [1.82, 2.24) is 14.9 Å². The van der Waals surface area contributed by atoms with Crippen LogP contribution in [0.5, 0.6) is 0 Å². The fraction of sp³-hybridized carbons (Fsp3) is 0.433. The highest BCUT2D eigenvalue weighted by Gasteiger charge is 2.51. The predicted molar refractivity (Wildman–Crippen MR) is 175 cm³/mol. The molecule has 21 nitrogen and oxygen atoms in total. The van der Waals surface area contributed by atoms with Crippen LogP contribution in [0.25, 0.3) is 11.1 Å². The number of hydrogen-bond acceptors (Lipinski definition) is 16. The number of benzene rings is 2. The predicted octanol–water partition coefficient (Wildman–Crippen LogP) is -1.25. The minimum absolute atomic E-state index is 0.192.